The molecule has 1 fully saturated rings. The molecule has 0 aromatic carbocycles. The number of carbonyl (C=O) groups excluding carboxylic acids is 1. The van der Waals surface area contributed by atoms with Gasteiger partial charge in [-0.1, -0.05) is 26.2 Å². The molecule has 0 atom stereocenters. The Kier molecular flexibility index (Phi) is 6.03. The number of hydrogen-bond acceptors (Lipinski definition) is 3. The van der Waals surface area contributed by atoms with Crippen LogP contribution in [0.15, 0.2) is 18.3 Å². The van der Waals surface area contributed by atoms with E-state index in [9.17, 15) is 4.79 Å². The van der Waals surface area contributed by atoms with E-state index in [2.05, 4.69) is 22.5 Å². The number of nitrogens with zero attached hydrogens (tertiary/aromatic N) is 1. The number of rotatable bonds is 6. The third-order valence-corrected chi connectivity index (χ3v) is 4.49. The maximum Gasteiger partial charge on any atom is 0.255 e. The first-order chi connectivity index (χ1) is 10.2. The number of aromatic nitrogens is 1. The van der Waals surface area contributed by atoms with E-state index in [0.717, 1.165) is 19.0 Å². The lowest BCUT2D eigenvalue weighted by Crippen LogP contribution is -2.31. The van der Waals surface area contributed by atoms with Crippen LogP contribution < -0.4 is 10.6 Å². The Morgan fingerprint density at radius 3 is 2.62 bits per heavy atom. The molecule has 116 valence electrons. The fraction of sp³-hybridized carbons (Fsp3) is 0.647. The predicted octanol–water partition coefficient (Wildman–Crippen LogP) is 3.46. The highest BCUT2D eigenvalue weighted by molar-refractivity contribution is 5.98. The average molecular weight is 289 g/mol. The largest absolute Gasteiger partial charge is 0.370 e. The molecule has 0 spiro atoms. The molecule has 4 heteroatoms. The molecule has 0 bridgehead atoms. The molecule has 2 N–H and O–H groups in total. The van der Waals surface area contributed by atoms with Crippen molar-refractivity contribution < 1.29 is 4.79 Å². The molecular formula is C17H27N3O. The second-order valence-corrected chi connectivity index (χ2v) is 5.93. The number of amides is 1. The molecule has 21 heavy (non-hydrogen) atoms. The van der Waals surface area contributed by atoms with Crippen LogP contribution in [0.2, 0.25) is 0 Å². The minimum atomic E-state index is -0.0170. The van der Waals surface area contributed by atoms with Crippen LogP contribution >= 0.6 is 0 Å². The third-order valence-electron chi connectivity index (χ3n) is 4.49. The first-order valence-corrected chi connectivity index (χ1v) is 8.21. The standard InChI is InChI=1S/C17H27N3O/c1-3-13-7-9-14(10-8-13)12-20-17(21)15-6-5-11-19-16(15)18-4-2/h5-6,11,13-14H,3-4,7-10,12H2,1-2H3,(H,18,19)(H,20,21). The lowest BCUT2D eigenvalue weighted by molar-refractivity contribution is 0.0941. The zero-order chi connectivity index (χ0) is 15.1. The molecule has 1 aliphatic rings. The van der Waals surface area contributed by atoms with Gasteiger partial charge in [-0.2, -0.15) is 0 Å². The van der Waals surface area contributed by atoms with Gasteiger partial charge in [0.2, 0.25) is 0 Å². The molecule has 1 heterocycles. The van der Waals surface area contributed by atoms with E-state index in [4.69, 9.17) is 0 Å². The highest BCUT2D eigenvalue weighted by Crippen LogP contribution is 2.30. The van der Waals surface area contributed by atoms with E-state index in [0.29, 0.717) is 17.3 Å². The number of anilines is 1. The van der Waals surface area contributed by atoms with Gasteiger partial charge in [-0.05, 0) is 43.7 Å². The van der Waals surface area contributed by atoms with Crippen molar-refractivity contribution in [2.24, 2.45) is 11.8 Å². The van der Waals surface area contributed by atoms with E-state index in [-0.39, 0.29) is 5.91 Å². The molecule has 0 radical (unpaired) electrons. The van der Waals surface area contributed by atoms with Crippen LogP contribution in [0.3, 0.4) is 0 Å². The number of pyridine rings is 1. The first-order valence-electron chi connectivity index (χ1n) is 8.21. The highest BCUT2D eigenvalue weighted by Gasteiger charge is 2.21. The molecule has 0 unspecified atom stereocenters. The Balaban J connectivity index is 1.85. The van der Waals surface area contributed by atoms with E-state index in [1.165, 1.54) is 32.1 Å². The van der Waals surface area contributed by atoms with Gasteiger partial charge in [0, 0.05) is 19.3 Å². The summed E-state index contributed by atoms with van der Waals surface area (Å²) >= 11 is 0. The van der Waals surface area contributed by atoms with E-state index < -0.39 is 0 Å². The van der Waals surface area contributed by atoms with E-state index in [1.54, 1.807) is 6.20 Å². The zero-order valence-corrected chi connectivity index (χ0v) is 13.2. The molecule has 1 amide bonds. The highest BCUT2D eigenvalue weighted by atomic mass is 16.1. The van der Waals surface area contributed by atoms with Crippen molar-refractivity contribution in [1.29, 1.82) is 0 Å². The van der Waals surface area contributed by atoms with Gasteiger partial charge < -0.3 is 10.6 Å². The van der Waals surface area contributed by atoms with Crippen molar-refractivity contribution in [3.8, 4) is 0 Å². The summed E-state index contributed by atoms with van der Waals surface area (Å²) in [5, 5.41) is 6.22. The second-order valence-electron chi connectivity index (χ2n) is 5.93. The summed E-state index contributed by atoms with van der Waals surface area (Å²) in [6.07, 6.45) is 8.11. The van der Waals surface area contributed by atoms with Crippen molar-refractivity contribution in [3.63, 3.8) is 0 Å². The normalized spacial score (nSPS) is 21.8. The third kappa shape index (κ3) is 4.45. The van der Waals surface area contributed by atoms with Crippen LogP contribution in [0, 0.1) is 11.8 Å². The summed E-state index contributed by atoms with van der Waals surface area (Å²) in [7, 11) is 0. The summed E-state index contributed by atoms with van der Waals surface area (Å²) in [6, 6.07) is 3.64. The molecule has 1 saturated carbocycles. The van der Waals surface area contributed by atoms with Crippen molar-refractivity contribution >= 4 is 11.7 Å². The van der Waals surface area contributed by atoms with E-state index >= 15 is 0 Å². The molecule has 0 saturated heterocycles. The van der Waals surface area contributed by atoms with Gasteiger partial charge in [0.1, 0.15) is 5.82 Å². The number of hydrogen-bond donors (Lipinski definition) is 2. The lowest BCUT2D eigenvalue weighted by Gasteiger charge is -2.27. The Morgan fingerprint density at radius 1 is 1.24 bits per heavy atom. The average Bonchev–Trinajstić information content (AvgIpc) is 2.54. The van der Waals surface area contributed by atoms with Gasteiger partial charge in [-0.3, -0.25) is 4.79 Å². The van der Waals surface area contributed by atoms with Crippen molar-refractivity contribution in [2.75, 3.05) is 18.4 Å². The molecule has 2 rings (SSSR count). The number of carbonyl (C=O) groups is 1. The molecule has 0 aliphatic heterocycles. The van der Waals surface area contributed by atoms with Gasteiger partial charge in [-0.25, -0.2) is 4.98 Å². The Morgan fingerprint density at radius 2 is 1.95 bits per heavy atom. The van der Waals surface area contributed by atoms with Gasteiger partial charge in [0.05, 0.1) is 5.56 Å². The minimum absolute atomic E-state index is 0.0170. The van der Waals surface area contributed by atoms with Crippen LogP contribution in [0.4, 0.5) is 5.82 Å². The molecule has 4 nitrogen and oxygen atoms in total. The monoisotopic (exact) mass is 289 g/mol. The van der Waals surface area contributed by atoms with Crippen LogP contribution in [0.1, 0.15) is 56.3 Å². The summed E-state index contributed by atoms with van der Waals surface area (Å²) in [6.45, 7) is 5.83. The van der Waals surface area contributed by atoms with Crippen LogP contribution in [0.25, 0.3) is 0 Å². The topological polar surface area (TPSA) is 54.0 Å². The molecule has 1 aromatic rings. The summed E-state index contributed by atoms with van der Waals surface area (Å²) < 4.78 is 0. The van der Waals surface area contributed by atoms with Crippen LogP contribution in [0.5, 0.6) is 0 Å². The quantitative estimate of drug-likeness (QED) is 0.843. The Bertz CT molecular complexity index is 453. The fourth-order valence-electron chi connectivity index (χ4n) is 3.07. The fourth-order valence-corrected chi connectivity index (χ4v) is 3.07. The first kappa shape index (κ1) is 15.8. The Labute approximate surface area is 127 Å². The second kappa shape index (κ2) is 8.01. The van der Waals surface area contributed by atoms with Gasteiger partial charge in [-0.15, -0.1) is 0 Å². The number of nitrogens with one attached hydrogen (secondary N) is 2. The van der Waals surface area contributed by atoms with Crippen LogP contribution in [-0.4, -0.2) is 24.0 Å². The minimum Gasteiger partial charge on any atom is -0.370 e. The zero-order valence-electron chi connectivity index (χ0n) is 13.2. The predicted molar refractivity (Wildman–Crippen MR) is 86.5 cm³/mol. The van der Waals surface area contributed by atoms with Crippen molar-refractivity contribution in [3.05, 3.63) is 23.9 Å². The molecule has 1 aliphatic carbocycles. The summed E-state index contributed by atoms with van der Waals surface area (Å²) in [5.41, 5.74) is 0.640. The van der Waals surface area contributed by atoms with E-state index in [1.807, 2.05) is 19.1 Å². The maximum absolute atomic E-state index is 12.3. The summed E-state index contributed by atoms with van der Waals surface area (Å²) in [4.78, 5) is 16.5. The van der Waals surface area contributed by atoms with Gasteiger partial charge in [0.15, 0.2) is 0 Å². The maximum atomic E-state index is 12.3. The van der Waals surface area contributed by atoms with Crippen molar-refractivity contribution in [1.82, 2.24) is 10.3 Å². The Hall–Kier alpha value is -1.58. The smallest absolute Gasteiger partial charge is 0.255 e. The lowest BCUT2D eigenvalue weighted by atomic mass is 9.81. The van der Waals surface area contributed by atoms with Gasteiger partial charge in [0.25, 0.3) is 5.91 Å². The molecule has 1 aromatic heterocycles. The summed E-state index contributed by atoms with van der Waals surface area (Å²) in [5.74, 6) is 2.19. The van der Waals surface area contributed by atoms with Crippen LogP contribution in [-0.2, 0) is 0 Å². The van der Waals surface area contributed by atoms with Gasteiger partial charge >= 0.3 is 0 Å². The SMILES string of the molecule is CCNc1ncccc1C(=O)NCC1CCC(CC)CC1. The van der Waals surface area contributed by atoms with Crippen molar-refractivity contribution in [2.45, 2.75) is 46.0 Å². The molecular weight excluding hydrogens is 262 g/mol.